The van der Waals surface area contributed by atoms with E-state index in [4.69, 9.17) is 0 Å². The second-order valence-corrected chi connectivity index (χ2v) is 8.62. The Balaban J connectivity index is 1.20. The van der Waals surface area contributed by atoms with Gasteiger partial charge in [-0.2, -0.15) is 0 Å². The zero-order chi connectivity index (χ0) is 19.1. The van der Waals surface area contributed by atoms with Crippen molar-refractivity contribution in [1.82, 2.24) is 4.90 Å². The second-order valence-electron chi connectivity index (χ2n) is 8.62. The lowest BCUT2D eigenvalue weighted by molar-refractivity contribution is 0.144. The van der Waals surface area contributed by atoms with E-state index in [-0.39, 0.29) is 5.82 Å². The fourth-order valence-electron chi connectivity index (χ4n) is 5.59. The Morgan fingerprint density at radius 1 is 1.11 bits per heavy atom. The van der Waals surface area contributed by atoms with Crippen LogP contribution in [-0.2, 0) is 6.42 Å². The van der Waals surface area contributed by atoms with Crippen LogP contribution < -0.4 is 4.90 Å². The molecule has 3 atom stereocenters. The zero-order valence-electron chi connectivity index (χ0n) is 16.4. The molecule has 5 rings (SSSR count). The summed E-state index contributed by atoms with van der Waals surface area (Å²) in [6, 6.07) is 13.8. The highest BCUT2D eigenvalue weighted by Gasteiger charge is 2.43. The molecule has 1 N–H and O–H groups in total. The molecule has 0 amide bonds. The van der Waals surface area contributed by atoms with E-state index in [2.05, 4.69) is 28.0 Å². The molecule has 0 aromatic heterocycles. The number of likely N-dealkylation sites (tertiary alicyclic amines) is 1. The maximum Gasteiger partial charge on any atom is 0.123 e. The Kier molecular flexibility index (Phi) is 4.85. The third kappa shape index (κ3) is 3.23. The maximum atomic E-state index is 13.0. The quantitative estimate of drug-likeness (QED) is 0.839. The molecule has 1 saturated heterocycles. The molecule has 0 radical (unpaired) electrons. The van der Waals surface area contributed by atoms with E-state index in [0.29, 0.717) is 12.0 Å². The number of piperidine rings is 1. The topological polar surface area (TPSA) is 26.7 Å². The lowest BCUT2D eigenvalue weighted by Gasteiger charge is -2.40. The Morgan fingerprint density at radius 2 is 1.96 bits per heavy atom. The van der Waals surface area contributed by atoms with E-state index < -0.39 is 6.10 Å². The van der Waals surface area contributed by atoms with Crippen molar-refractivity contribution in [3.05, 3.63) is 65.0 Å². The number of fused-ring (bicyclic) bond motifs is 3. The van der Waals surface area contributed by atoms with E-state index in [1.165, 1.54) is 37.9 Å². The molecule has 0 aliphatic carbocycles. The third-order valence-electron chi connectivity index (χ3n) is 6.95. The largest absolute Gasteiger partial charge is 0.388 e. The number of halogens is 1. The highest BCUT2D eigenvalue weighted by atomic mass is 19.1. The van der Waals surface area contributed by atoms with Gasteiger partial charge in [0.05, 0.1) is 6.10 Å². The number of nitrogens with zero attached hydrogens (tertiary/aromatic N) is 2. The average molecular weight is 381 g/mol. The molecule has 3 nitrogen and oxygen atoms in total. The molecule has 1 fully saturated rings. The molecule has 0 bridgehead atoms. The molecule has 148 valence electrons. The van der Waals surface area contributed by atoms with E-state index in [1.807, 2.05) is 0 Å². The smallest absolute Gasteiger partial charge is 0.123 e. The summed E-state index contributed by atoms with van der Waals surface area (Å²) in [7, 11) is 0. The normalized spacial score (nSPS) is 24.7. The lowest BCUT2D eigenvalue weighted by Crippen LogP contribution is -2.47. The van der Waals surface area contributed by atoms with Gasteiger partial charge in [-0.3, -0.25) is 0 Å². The molecule has 3 aliphatic rings. The number of aryl methyl sites for hydroxylation is 1. The van der Waals surface area contributed by atoms with Gasteiger partial charge in [-0.25, -0.2) is 4.39 Å². The van der Waals surface area contributed by atoms with Crippen molar-refractivity contribution in [1.29, 1.82) is 0 Å². The van der Waals surface area contributed by atoms with Gasteiger partial charge in [0.2, 0.25) is 0 Å². The van der Waals surface area contributed by atoms with Crippen LogP contribution in [0.1, 0.15) is 54.4 Å². The SMILES string of the molecule is OC(CCCN1CC[C@H]2[C@@H](C1)c1cccc3c1N2CCC3)c1ccc(F)cc1. The zero-order valence-corrected chi connectivity index (χ0v) is 16.4. The Hall–Kier alpha value is -1.91. The van der Waals surface area contributed by atoms with Gasteiger partial charge in [-0.1, -0.05) is 30.3 Å². The van der Waals surface area contributed by atoms with Gasteiger partial charge in [0.1, 0.15) is 5.82 Å². The highest BCUT2D eigenvalue weighted by molar-refractivity contribution is 5.68. The van der Waals surface area contributed by atoms with Crippen molar-refractivity contribution in [3.63, 3.8) is 0 Å². The van der Waals surface area contributed by atoms with Crippen LogP contribution in [0.3, 0.4) is 0 Å². The molecule has 4 heteroatoms. The van der Waals surface area contributed by atoms with Crippen molar-refractivity contribution in [3.8, 4) is 0 Å². The molecule has 2 aromatic rings. The van der Waals surface area contributed by atoms with Crippen LogP contribution in [-0.4, -0.2) is 42.2 Å². The molecule has 0 spiro atoms. The molecule has 3 aliphatic heterocycles. The first kappa shape index (κ1) is 18.1. The predicted molar refractivity (Wildman–Crippen MR) is 110 cm³/mol. The van der Waals surface area contributed by atoms with Gasteiger partial charge in [0.15, 0.2) is 0 Å². The molecule has 28 heavy (non-hydrogen) atoms. The Bertz CT molecular complexity index is 837. The summed E-state index contributed by atoms with van der Waals surface area (Å²) < 4.78 is 13.0. The van der Waals surface area contributed by atoms with Crippen LogP contribution >= 0.6 is 0 Å². The highest BCUT2D eigenvalue weighted by Crippen LogP contribution is 2.48. The number of benzene rings is 2. The molecule has 1 unspecified atom stereocenters. The fourth-order valence-corrected chi connectivity index (χ4v) is 5.59. The van der Waals surface area contributed by atoms with Gasteiger partial charge in [0.25, 0.3) is 0 Å². The van der Waals surface area contributed by atoms with Gasteiger partial charge in [-0.15, -0.1) is 0 Å². The van der Waals surface area contributed by atoms with Crippen LogP contribution in [0.2, 0.25) is 0 Å². The summed E-state index contributed by atoms with van der Waals surface area (Å²) in [5.41, 5.74) is 5.48. The number of hydrogen-bond donors (Lipinski definition) is 1. The Morgan fingerprint density at radius 3 is 2.82 bits per heavy atom. The third-order valence-corrected chi connectivity index (χ3v) is 6.95. The molecule has 2 aromatic carbocycles. The molecular weight excluding hydrogens is 351 g/mol. The van der Waals surface area contributed by atoms with Crippen LogP contribution in [0, 0.1) is 5.82 Å². The van der Waals surface area contributed by atoms with Crippen LogP contribution in [0.15, 0.2) is 42.5 Å². The number of hydrogen-bond acceptors (Lipinski definition) is 3. The molecule has 0 saturated carbocycles. The average Bonchev–Trinajstić information content (AvgIpc) is 3.04. The number of rotatable bonds is 5. The number of anilines is 1. The standard InChI is InChI=1S/C24H29FN2O/c25-19-10-8-17(9-11-19)23(28)7-3-13-26-15-12-22-21(16-26)20-6-1-4-18-5-2-14-27(22)24(18)20/h1,4,6,8-11,21-23,28H,2-3,5,7,12-16H2/t21-,22-,23?/m0/s1. The first-order valence-corrected chi connectivity index (χ1v) is 10.7. The van der Waals surface area contributed by atoms with Gasteiger partial charge in [-0.05, 0) is 67.5 Å². The minimum Gasteiger partial charge on any atom is -0.388 e. The number of aliphatic hydroxyl groups excluding tert-OH is 1. The first-order chi connectivity index (χ1) is 13.7. The van der Waals surface area contributed by atoms with E-state index >= 15 is 0 Å². The summed E-state index contributed by atoms with van der Waals surface area (Å²) in [6.45, 7) is 4.52. The van der Waals surface area contributed by atoms with Gasteiger partial charge < -0.3 is 14.9 Å². The van der Waals surface area contributed by atoms with Crippen molar-refractivity contribution in [2.24, 2.45) is 0 Å². The molecular formula is C24H29FN2O. The Labute approximate surface area is 166 Å². The van der Waals surface area contributed by atoms with Crippen LogP contribution in [0.5, 0.6) is 0 Å². The van der Waals surface area contributed by atoms with Crippen molar-refractivity contribution >= 4 is 5.69 Å². The fraction of sp³-hybridized carbons (Fsp3) is 0.500. The van der Waals surface area contributed by atoms with E-state index in [0.717, 1.165) is 38.0 Å². The second kappa shape index (κ2) is 7.49. The van der Waals surface area contributed by atoms with Crippen molar-refractivity contribution in [2.75, 3.05) is 31.1 Å². The minimum atomic E-state index is -0.502. The summed E-state index contributed by atoms with van der Waals surface area (Å²) in [6.07, 6.45) is 4.93. The van der Waals surface area contributed by atoms with E-state index in [9.17, 15) is 9.50 Å². The number of para-hydroxylation sites is 1. The van der Waals surface area contributed by atoms with Gasteiger partial charge in [0, 0.05) is 37.3 Å². The lowest BCUT2D eigenvalue weighted by atomic mass is 9.88. The minimum absolute atomic E-state index is 0.253. The monoisotopic (exact) mass is 380 g/mol. The summed E-state index contributed by atoms with van der Waals surface area (Å²) in [5.74, 6) is 0.376. The summed E-state index contributed by atoms with van der Waals surface area (Å²) >= 11 is 0. The van der Waals surface area contributed by atoms with Crippen molar-refractivity contribution < 1.29 is 9.50 Å². The number of aliphatic hydroxyl groups is 1. The van der Waals surface area contributed by atoms with E-state index in [1.54, 1.807) is 28.9 Å². The first-order valence-electron chi connectivity index (χ1n) is 10.7. The summed E-state index contributed by atoms with van der Waals surface area (Å²) in [4.78, 5) is 5.28. The van der Waals surface area contributed by atoms with Gasteiger partial charge >= 0.3 is 0 Å². The van der Waals surface area contributed by atoms with Crippen molar-refractivity contribution in [2.45, 2.75) is 50.2 Å². The molecule has 3 heterocycles. The van der Waals surface area contributed by atoms with Crippen LogP contribution in [0.4, 0.5) is 10.1 Å². The predicted octanol–water partition coefficient (Wildman–Crippen LogP) is 4.26. The summed E-state index contributed by atoms with van der Waals surface area (Å²) in [5, 5.41) is 10.4. The maximum absolute atomic E-state index is 13.0. The van der Waals surface area contributed by atoms with Crippen LogP contribution in [0.25, 0.3) is 0 Å².